The SMILES string of the molecule is O=C(O[C@H]1[C@H](OC(=O)c2ccccc2)CNC(=O)[C@@H]1OC(=O)c1ccccc1)c1ccccc1. The van der Waals surface area contributed by atoms with Gasteiger partial charge in [-0.2, -0.15) is 0 Å². The van der Waals surface area contributed by atoms with Crippen LogP contribution in [0.3, 0.4) is 0 Å². The number of hydrogen-bond acceptors (Lipinski definition) is 7. The van der Waals surface area contributed by atoms with Gasteiger partial charge in [-0.3, -0.25) is 4.79 Å². The number of piperidine rings is 1. The molecule has 172 valence electrons. The van der Waals surface area contributed by atoms with Gasteiger partial charge in [0.05, 0.1) is 23.2 Å². The first-order valence-corrected chi connectivity index (χ1v) is 10.6. The number of carbonyl (C=O) groups is 4. The molecule has 0 aromatic heterocycles. The van der Waals surface area contributed by atoms with Crippen molar-refractivity contribution in [3.05, 3.63) is 108 Å². The van der Waals surface area contributed by atoms with Crippen molar-refractivity contribution >= 4 is 23.8 Å². The average Bonchev–Trinajstić information content (AvgIpc) is 2.89. The maximum atomic E-state index is 12.8. The molecule has 8 heteroatoms. The van der Waals surface area contributed by atoms with Gasteiger partial charge in [0.25, 0.3) is 5.91 Å². The molecule has 0 saturated carbocycles. The third kappa shape index (κ3) is 5.29. The van der Waals surface area contributed by atoms with E-state index in [4.69, 9.17) is 14.2 Å². The topological polar surface area (TPSA) is 108 Å². The van der Waals surface area contributed by atoms with Crippen LogP contribution in [0.15, 0.2) is 91.0 Å². The molecule has 1 saturated heterocycles. The largest absolute Gasteiger partial charge is 0.453 e. The number of amides is 1. The molecule has 0 spiro atoms. The minimum atomic E-state index is -1.53. The second-order valence-corrected chi connectivity index (χ2v) is 7.48. The zero-order valence-corrected chi connectivity index (χ0v) is 18.0. The summed E-state index contributed by atoms with van der Waals surface area (Å²) in [5, 5.41) is 2.55. The summed E-state index contributed by atoms with van der Waals surface area (Å²) in [6.45, 7) is -0.121. The highest BCUT2D eigenvalue weighted by Gasteiger charge is 2.46. The Hall–Kier alpha value is -4.46. The molecule has 1 N–H and O–H groups in total. The summed E-state index contributed by atoms with van der Waals surface area (Å²) in [5.74, 6) is -2.86. The van der Waals surface area contributed by atoms with E-state index in [1.807, 2.05) is 0 Å². The molecule has 1 heterocycles. The number of benzene rings is 3. The van der Waals surface area contributed by atoms with E-state index in [0.717, 1.165) is 0 Å². The highest BCUT2D eigenvalue weighted by atomic mass is 16.6. The number of rotatable bonds is 6. The Morgan fingerprint density at radius 1 is 0.618 bits per heavy atom. The number of nitrogens with one attached hydrogen (secondary N) is 1. The fourth-order valence-electron chi connectivity index (χ4n) is 3.43. The fraction of sp³-hybridized carbons (Fsp3) is 0.154. The molecular weight excluding hydrogens is 438 g/mol. The molecule has 34 heavy (non-hydrogen) atoms. The lowest BCUT2D eigenvalue weighted by Crippen LogP contribution is -2.61. The van der Waals surface area contributed by atoms with Gasteiger partial charge < -0.3 is 19.5 Å². The van der Waals surface area contributed by atoms with Crippen molar-refractivity contribution in [3.63, 3.8) is 0 Å². The minimum Gasteiger partial charge on any atom is -0.453 e. The van der Waals surface area contributed by atoms with Crippen LogP contribution >= 0.6 is 0 Å². The van der Waals surface area contributed by atoms with Crippen LogP contribution in [0.2, 0.25) is 0 Å². The first kappa shape index (κ1) is 22.7. The zero-order valence-electron chi connectivity index (χ0n) is 18.0. The summed E-state index contributed by atoms with van der Waals surface area (Å²) in [4.78, 5) is 50.8. The summed E-state index contributed by atoms with van der Waals surface area (Å²) in [7, 11) is 0. The van der Waals surface area contributed by atoms with Crippen molar-refractivity contribution in [2.75, 3.05) is 6.54 Å². The summed E-state index contributed by atoms with van der Waals surface area (Å²) in [6.07, 6.45) is -3.98. The molecule has 1 amide bonds. The standard InChI is InChI=1S/C26H21NO7/c28-23-22(34-26(31)19-14-8-3-9-15-19)21(33-25(30)18-12-6-2-7-13-18)20(16-27-23)32-24(29)17-10-4-1-5-11-17/h1-15,20-22H,16H2,(H,27,28)/t20-,21+,22-/m1/s1. The van der Waals surface area contributed by atoms with Crippen molar-refractivity contribution in [1.29, 1.82) is 0 Å². The number of ether oxygens (including phenoxy) is 3. The summed E-state index contributed by atoms with van der Waals surface area (Å²) in [5.41, 5.74) is 0.729. The van der Waals surface area contributed by atoms with Crippen molar-refractivity contribution in [2.24, 2.45) is 0 Å². The van der Waals surface area contributed by atoms with Gasteiger partial charge in [-0.1, -0.05) is 54.6 Å². The van der Waals surface area contributed by atoms with E-state index in [1.54, 1.807) is 78.9 Å². The Bertz CT molecular complexity index is 1170. The monoisotopic (exact) mass is 459 g/mol. The quantitative estimate of drug-likeness (QED) is 0.446. The molecule has 0 aliphatic carbocycles. The molecule has 1 aliphatic rings. The van der Waals surface area contributed by atoms with Crippen LogP contribution in [-0.2, 0) is 19.0 Å². The Balaban J connectivity index is 1.60. The first-order chi connectivity index (χ1) is 16.5. The average molecular weight is 459 g/mol. The molecule has 4 rings (SSSR count). The van der Waals surface area contributed by atoms with Gasteiger partial charge in [-0.15, -0.1) is 0 Å². The van der Waals surface area contributed by atoms with E-state index in [1.165, 1.54) is 12.1 Å². The van der Waals surface area contributed by atoms with Crippen LogP contribution in [0.1, 0.15) is 31.1 Å². The third-order valence-corrected chi connectivity index (χ3v) is 5.16. The van der Waals surface area contributed by atoms with Crippen LogP contribution in [0.5, 0.6) is 0 Å². The molecular formula is C26H21NO7. The van der Waals surface area contributed by atoms with E-state index in [9.17, 15) is 19.2 Å². The first-order valence-electron chi connectivity index (χ1n) is 10.6. The smallest absolute Gasteiger partial charge is 0.339 e. The Kier molecular flexibility index (Phi) is 6.98. The number of hydrogen-bond donors (Lipinski definition) is 1. The predicted octanol–water partition coefficient (Wildman–Crippen LogP) is 2.79. The van der Waals surface area contributed by atoms with Gasteiger partial charge in [0, 0.05) is 0 Å². The molecule has 3 aromatic carbocycles. The van der Waals surface area contributed by atoms with Gasteiger partial charge >= 0.3 is 17.9 Å². The van der Waals surface area contributed by atoms with E-state index >= 15 is 0 Å². The van der Waals surface area contributed by atoms with Gasteiger partial charge in [-0.25, -0.2) is 14.4 Å². The second kappa shape index (κ2) is 10.4. The van der Waals surface area contributed by atoms with Gasteiger partial charge in [0.15, 0.2) is 12.2 Å². The summed E-state index contributed by atoms with van der Waals surface area (Å²) >= 11 is 0. The lowest BCUT2D eigenvalue weighted by molar-refractivity contribution is -0.150. The number of carbonyl (C=O) groups excluding carboxylic acids is 4. The maximum absolute atomic E-state index is 12.8. The second-order valence-electron chi connectivity index (χ2n) is 7.48. The Morgan fingerprint density at radius 2 is 1.03 bits per heavy atom. The maximum Gasteiger partial charge on any atom is 0.339 e. The molecule has 8 nitrogen and oxygen atoms in total. The minimum absolute atomic E-state index is 0.121. The van der Waals surface area contributed by atoms with Crippen LogP contribution in [0.4, 0.5) is 0 Å². The zero-order chi connectivity index (χ0) is 23.9. The molecule has 3 atom stereocenters. The highest BCUT2D eigenvalue weighted by molar-refractivity contribution is 5.94. The molecule has 1 fully saturated rings. The number of esters is 3. The Morgan fingerprint density at radius 3 is 1.50 bits per heavy atom. The van der Waals surface area contributed by atoms with Crippen molar-refractivity contribution in [1.82, 2.24) is 5.32 Å². The van der Waals surface area contributed by atoms with E-state index < -0.39 is 42.1 Å². The molecule has 1 aliphatic heterocycles. The van der Waals surface area contributed by atoms with Crippen molar-refractivity contribution in [2.45, 2.75) is 18.3 Å². The van der Waals surface area contributed by atoms with Crippen LogP contribution in [-0.4, -0.2) is 48.7 Å². The van der Waals surface area contributed by atoms with E-state index in [-0.39, 0.29) is 23.2 Å². The van der Waals surface area contributed by atoms with Crippen LogP contribution < -0.4 is 5.32 Å². The predicted molar refractivity (Wildman–Crippen MR) is 120 cm³/mol. The molecule has 0 bridgehead atoms. The van der Waals surface area contributed by atoms with E-state index in [0.29, 0.717) is 0 Å². The lowest BCUT2D eigenvalue weighted by atomic mass is 10.0. The Labute approximate surface area is 195 Å². The van der Waals surface area contributed by atoms with Crippen molar-refractivity contribution < 1.29 is 33.4 Å². The molecule has 0 unspecified atom stereocenters. The van der Waals surface area contributed by atoms with E-state index in [2.05, 4.69) is 5.32 Å². The van der Waals surface area contributed by atoms with Gasteiger partial charge in [0.1, 0.15) is 0 Å². The molecule has 3 aromatic rings. The fourth-order valence-corrected chi connectivity index (χ4v) is 3.43. The molecule has 0 radical (unpaired) electrons. The van der Waals surface area contributed by atoms with Crippen LogP contribution in [0, 0.1) is 0 Å². The summed E-state index contributed by atoms with van der Waals surface area (Å²) in [6, 6.07) is 24.5. The third-order valence-electron chi connectivity index (χ3n) is 5.16. The van der Waals surface area contributed by atoms with Crippen molar-refractivity contribution in [3.8, 4) is 0 Å². The van der Waals surface area contributed by atoms with Gasteiger partial charge in [0.2, 0.25) is 6.10 Å². The van der Waals surface area contributed by atoms with Gasteiger partial charge in [-0.05, 0) is 36.4 Å². The van der Waals surface area contributed by atoms with Crippen LogP contribution in [0.25, 0.3) is 0 Å². The lowest BCUT2D eigenvalue weighted by Gasteiger charge is -2.35. The summed E-state index contributed by atoms with van der Waals surface area (Å²) < 4.78 is 16.6. The normalized spacial score (nSPS) is 19.4. The highest BCUT2D eigenvalue weighted by Crippen LogP contribution is 2.21.